The highest BCUT2D eigenvalue weighted by atomic mass is 79.9. The number of aldehydes is 1. The summed E-state index contributed by atoms with van der Waals surface area (Å²) in [7, 11) is 0. The number of carboxylic acids is 1. The molecule has 0 aliphatic rings. The van der Waals surface area contributed by atoms with E-state index in [1.54, 1.807) is 54.6 Å². The smallest absolute Gasteiger partial charge is 0.417 e. The Morgan fingerprint density at radius 2 is 1.53 bits per heavy atom. The van der Waals surface area contributed by atoms with Gasteiger partial charge in [0.2, 0.25) is 5.91 Å². The maximum Gasteiger partial charge on any atom is 0.417 e. The Morgan fingerprint density at radius 3 is 1.97 bits per heavy atom. The van der Waals surface area contributed by atoms with Crippen LogP contribution in [-0.4, -0.2) is 52.2 Å². The van der Waals surface area contributed by atoms with Crippen LogP contribution < -0.4 is 5.73 Å². The third-order valence-electron chi connectivity index (χ3n) is 3.78. The zero-order valence-corrected chi connectivity index (χ0v) is 17.7. The fourth-order valence-corrected chi connectivity index (χ4v) is 2.42. The molecule has 0 fully saturated rings. The van der Waals surface area contributed by atoms with Crippen molar-refractivity contribution >= 4 is 40.2 Å². The van der Waals surface area contributed by atoms with Crippen molar-refractivity contribution < 1.29 is 29.0 Å². The molecule has 2 rings (SSSR count). The van der Waals surface area contributed by atoms with Crippen LogP contribution in [0, 0.1) is 0 Å². The number of amides is 2. The Bertz CT molecular complexity index is 817. The molecule has 160 valence electrons. The normalized spacial score (nSPS) is 10.7. The van der Waals surface area contributed by atoms with Crippen molar-refractivity contribution in [3.8, 4) is 0 Å². The largest absolute Gasteiger partial charge is 0.480 e. The highest BCUT2D eigenvalue weighted by Crippen LogP contribution is 2.13. The monoisotopic (exact) mass is 478 g/mol. The first kappa shape index (κ1) is 25.0. The van der Waals surface area contributed by atoms with Crippen LogP contribution in [0.4, 0.5) is 4.79 Å². The van der Waals surface area contributed by atoms with Crippen LogP contribution in [0.5, 0.6) is 0 Å². The van der Waals surface area contributed by atoms with Crippen molar-refractivity contribution in [2.24, 2.45) is 5.73 Å². The number of carbonyl (C=O) groups excluding carboxylic acids is 3. The minimum absolute atomic E-state index is 0.0393. The molecule has 0 aromatic heterocycles. The van der Waals surface area contributed by atoms with E-state index in [-0.39, 0.29) is 13.0 Å². The second kappa shape index (κ2) is 14.0. The number of ether oxygens (including phenoxy) is 1. The van der Waals surface area contributed by atoms with E-state index in [4.69, 9.17) is 15.3 Å². The maximum atomic E-state index is 12.4. The van der Waals surface area contributed by atoms with E-state index in [9.17, 15) is 19.5 Å². The predicted octanol–water partition coefficient (Wildman–Crippen LogP) is 2.39. The molecule has 2 aromatic rings. The molecule has 0 saturated carbocycles. The van der Waals surface area contributed by atoms with Gasteiger partial charge in [0.05, 0.1) is 11.9 Å². The molecule has 0 heterocycles. The number of benzene rings is 2. The van der Waals surface area contributed by atoms with E-state index in [1.807, 2.05) is 6.07 Å². The lowest BCUT2D eigenvalue weighted by Gasteiger charge is -2.26. The van der Waals surface area contributed by atoms with Gasteiger partial charge in [0.1, 0.15) is 18.9 Å². The molecule has 0 bridgehead atoms. The van der Waals surface area contributed by atoms with Crippen LogP contribution in [0.1, 0.15) is 11.1 Å². The number of aliphatic carboxylic acids is 1. The number of carboxylic acid groups (broad SMARTS) is 1. The lowest BCUT2D eigenvalue weighted by molar-refractivity contribution is -0.148. The minimum atomic E-state index is -1.41. The molecule has 0 saturated heterocycles. The van der Waals surface area contributed by atoms with Crippen molar-refractivity contribution in [2.75, 3.05) is 11.9 Å². The highest BCUT2D eigenvalue weighted by molar-refractivity contribution is 9.09. The Labute approximate surface area is 182 Å². The zero-order chi connectivity index (χ0) is 22.4. The Morgan fingerprint density at radius 1 is 1.03 bits per heavy atom. The number of rotatable bonds is 8. The molecule has 1 atom stereocenters. The molecule has 2 aromatic carbocycles. The molecule has 2 amide bonds. The van der Waals surface area contributed by atoms with Crippen molar-refractivity contribution in [2.45, 2.75) is 19.1 Å². The first-order chi connectivity index (χ1) is 14.4. The fraction of sp³-hybridized carbons (Fsp3) is 0.238. The third kappa shape index (κ3) is 8.54. The minimum Gasteiger partial charge on any atom is -0.480 e. The van der Waals surface area contributed by atoms with Gasteiger partial charge in [0.25, 0.3) is 0 Å². The van der Waals surface area contributed by atoms with E-state index in [1.165, 1.54) is 0 Å². The quantitative estimate of drug-likeness (QED) is 0.440. The van der Waals surface area contributed by atoms with E-state index < -0.39 is 30.6 Å². The summed E-state index contributed by atoms with van der Waals surface area (Å²) in [6.07, 6.45) is -0.282. The van der Waals surface area contributed by atoms with Crippen LogP contribution in [0.2, 0.25) is 0 Å². The molecule has 0 aliphatic carbocycles. The molecule has 30 heavy (non-hydrogen) atoms. The predicted molar refractivity (Wildman–Crippen MR) is 114 cm³/mol. The van der Waals surface area contributed by atoms with Crippen molar-refractivity contribution in [1.82, 2.24) is 4.90 Å². The van der Waals surface area contributed by atoms with Gasteiger partial charge in [0, 0.05) is 6.42 Å². The average Bonchev–Trinajstić information content (AvgIpc) is 2.78. The van der Waals surface area contributed by atoms with E-state index in [0.717, 1.165) is 11.8 Å². The highest BCUT2D eigenvalue weighted by Gasteiger charge is 2.35. The molecule has 8 nitrogen and oxygen atoms in total. The molecule has 3 N–H and O–H groups in total. The summed E-state index contributed by atoms with van der Waals surface area (Å²) in [5.41, 5.74) is 6.75. The lowest BCUT2D eigenvalue weighted by Crippen LogP contribution is -2.52. The topological polar surface area (TPSA) is 127 Å². The second-order valence-corrected chi connectivity index (χ2v) is 6.52. The second-order valence-electron chi connectivity index (χ2n) is 5.87. The van der Waals surface area contributed by atoms with Gasteiger partial charge in [-0.05, 0) is 11.1 Å². The molecular weight excluding hydrogens is 456 g/mol. The van der Waals surface area contributed by atoms with Crippen LogP contribution in [0.25, 0.3) is 0 Å². The van der Waals surface area contributed by atoms with Gasteiger partial charge in [-0.3, -0.25) is 4.79 Å². The number of imide groups is 1. The molecule has 0 aliphatic heterocycles. The summed E-state index contributed by atoms with van der Waals surface area (Å²) >= 11 is 2.88. The summed E-state index contributed by atoms with van der Waals surface area (Å²) in [5.74, 6) is -2.13. The first-order valence-electron chi connectivity index (χ1n) is 8.93. The molecular formula is C21H23BrN2O6. The summed E-state index contributed by atoms with van der Waals surface area (Å²) < 4.78 is 5.13. The van der Waals surface area contributed by atoms with Gasteiger partial charge < -0.3 is 20.4 Å². The van der Waals surface area contributed by atoms with Gasteiger partial charge >= 0.3 is 12.1 Å². The number of nitrogens with two attached hydrogens (primary N) is 1. The number of carbonyl (C=O) groups is 4. The molecule has 0 unspecified atom stereocenters. The average molecular weight is 479 g/mol. The van der Waals surface area contributed by atoms with Crippen LogP contribution >= 0.6 is 15.9 Å². The van der Waals surface area contributed by atoms with E-state index >= 15 is 0 Å². The molecule has 0 spiro atoms. The van der Waals surface area contributed by atoms with E-state index in [2.05, 4.69) is 15.9 Å². The zero-order valence-electron chi connectivity index (χ0n) is 16.1. The Balaban J connectivity index is 0.00000103. The summed E-state index contributed by atoms with van der Waals surface area (Å²) in [6.45, 7) is -0.579. The van der Waals surface area contributed by atoms with Crippen LogP contribution in [-0.2, 0) is 32.1 Å². The number of nitrogens with zero attached hydrogens (tertiary/aromatic N) is 1. The van der Waals surface area contributed by atoms with Gasteiger partial charge in [-0.2, -0.15) is 0 Å². The molecule has 9 heteroatoms. The first-order valence-corrected chi connectivity index (χ1v) is 10.1. The van der Waals surface area contributed by atoms with Crippen molar-refractivity contribution in [1.29, 1.82) is 0 Å². The molecule has 0 radical (unpaired) electrons. The third-order valence-corrected chi connectivity index (χ3v) is 4.04. The fourth-order valence-electron chi connectivity index (χ4n) is 2.42. The maximum absolute atomic E-state index is 12.4. The Kier molecular flexibility index (Phi) is 11.7. The van der Waals surface area contributed by atoms with Crippen molar-refractivity contribution in [3.05, 3.63) is 71.8 Å². The van der Waals surface area contributed by atoms with Gasteiger partial charge in [-0.25, -0.2) is 14.5 Å². The number of alkyl halides is 1. The summed E-state index contributed by atoms with van der Waals surface area (Å²) in [6, 6.07) is 16.2. The van der Waals surface area contributed by atoms with Gasteiger partial charge in [-0.1, -0.05) is 76.6 Å². The van der Waals surface area contributed by atoms with E-state index in [0.29, 0.717) is 15.8 Å². The number of hydrogen-bond donors (Lipinski definition) is 2. The van der Waals surface area contributed by atoms with Gasteiger partial charge in [-0.15, -0.1) is 0 Å². The lowest BCUT2D eigenvalue weighted by atomic mass is 10.0. The summed E-state index contributed by atoms with van der Waals surface area (Å²) in [4.78, 5) is 46.0. The Hall–Kier alpha value is -3.04. The van der Waals surface area contributed by atoms with Crippen LogP contribution in [0.15, 0.2) is 60.7 Å². The summed E-state index contributed by atoms with van der Waals surface area (Å²) in [5, 5.41) is 9.99. The number of halogens is 1. The SMILES string of the molecule is NCC(=O)N(C(=O)OCc1ccccc1)[C@@H](Cc1ccccc1)C(=O)O.O=CCBr. The number of hydrogen-bond acceptors (Lipinski definition) is 6. The standard InChI is InChI=1S/C19H20N2O5.C2H3BrO/c20-12-17(22)21(19(25)26-13-15-9-5-2-6-10-15)16(18(23)24)11-14-7-3-1-4-8-14;3-1-2-4/h1-10,16H,11-13,20H2,(H,23,24);2H,1H2/t16-;/m0./s1. The van der Waals surface area contributed by atoms with Crippen molar-refractivity contribution in [3.63, 3.8) is 0 Å². The van der Waals surface area contributed by atoms with Gasteiger partial charge in [0.15, 0.2) is 0 Å². The van der Waals surface area contributed by atoms with Crippen LogP contribution in [0.3, 0.4) is 0 Å².